The molecule has 0 saturated heterocycles. The van der Waals surface area contributed by atoms with Crippen molar-refractivity contribution >= 4 is 18.0 Å². The molecule has 0 radical (unpaired) electrons. The third kappa shape index (κ3) is 6.59. The van der Waals surface area contributed by atoms with Gasteiger partial charge in [0.1, 0.15) is 6.61 Å². The molecule has 7 heteroatoms. The summed E-state index contributed by atoms with van der Waals surface area (Å²) in [4.78, 5) is 35.7. The van der Waals surface area contributed by atoms with Crippen LogP contribution < -0.4 is 10.6 Å². The van der Waals surface area contributed by atoms with Crippen molar-refractivity contribution in [1.29, 1.82) is 0 Å². The summed E-state index contributed by atoms with van der Waals surface area (Å²) in [6.07, 6.45) is 0.780. The van der Waals surface area contributed by atoms with Crippen molar-refractivity contribution in [2.75, 3.05) is 13.2 Å². The molecule has 2 amide bonds. The second-order valence-corrected chi connectivity index (χ2v) is 9.63. The molecule has 0 aromatic heterocycles. The number of ether oxygens (including phenoxy) is 1. The van der Waals surface area contributed by atoms with Crippen LogP contribution in [0.4, 0.5) is 4.79 Å². The number of carbonyl (C=O) groups is 3. The Balaban J connectivity index is 1.48. The first-order valence-corrected chi connectivity index (χ1v) is 11.8. The van der Waals surface area contributed by atoms with Gasteiger partial charge in [0.2, 0.25) is 5.91 Å². The van der Waals surface area contributed by atoms with Crippen LogP contribution in [0, 0.1) is 5.41 Å². The highest BCUT2D eigenvalue weighted by molar-refractivity contribution is 5.79. The maximum atomic E-state index is 12.4. The van der Waals surface area contributed by atoms with Gasteiger partial charge in [-0.15, -0.1) is 0 Å². The first-order chi connectivity index (χ1) is 16.2. The zero-order valence-corrected chi connectivity index (χ0v) is 20.1. The van der Waals surface area contributed by atoms with Gasteiger partial charge in [-0.1, -0.05) is 69.3 Å². The molecule has 0 saturated carbocycles. The lowest BCUT2D eigenvalue weighted by atomic mass is 9.88. The Kier molecular flexibility index (Phi) is 8.31. The highest BCUT2D eigenvalue weighted by Gasteiger charge is 2.29. The molecule has 0 heterocycles. The summed E-state index contributed by atoms with van der Waals surface area (Å²) in [5, 5.41) is 14.5. The summed E-state index contributed by atoms with van der Waals surface area (Å²) in [6, 6.07) is 16.2. The molecular formula is C27H34N2O5. The standard InChI is InChI=1S/C27H34N2O5/c1-4-18(13-14-25(31)32)29-24(30)15-27(2,3)17-28-26(33)34-16-23-21-11-7-5-9-19(21)20-10-6-8-12-22(20)23/h5-12,18,23H,4,13-17H2,1-3H3,(H,28,33)(H,29,30)(H,31,32). The minimum absolute atomic E-state index is 0.00582. The SMILES string of the molecule is CCC(CCC(=O)O)NC(=O)CC(C)(C)CNC(=O)OCC1c2ccccc2-c2ccccc21. The van der Waals surface area contributed by atoms with Crippen LogP contribution in [0.3, 0.4) is 0 Å². The zero-order chi connectivity index (χ0) is 24.7. The lowest BCUT2D eigenvalue weighted by molar-refractivity contribution is -0.137. The van der Waals surface area contributed by atoms with Gasteiger partial charge in [-0.3, -0.25) is 9.59 Å². The molecule has 0 spiro atoms. The van der Waals surface area contributed by atoms with Crippen molar-refractivity contribution in [2.24, 2.45) is 5.41 Å². The average Bonchev–Trinajstić information content (AvgIpc) is 3.12. The van der Waals surface area contributed by atoms with E-state index in [1.54, 1.807) is 0 Å². The topological polar surface area (TPSA) is 105 Å². The van der Waals surface area contributed by atoms with Crippen LogP contribution in [-0.2, 0) is 14.3 Å². The first kappa shape index (κ1) is 25.3. The number of alkyl carbamates (subject to hydrolysis) is 1. The second kappa shape index (κ2) is 11.2. The van der Waals surface area contributed by atoms with Gasteiger partial charge in [0, 0.05) is 31.3 Å². The fourth-order valence-electron chi connectivity index (χ4n) is 4.41. The number of amides is 2. The van der Waals surface area contributed by atoms with Crippen molar-refractivity contribution in [3.05, 3.63) is 59.7 Å². The number of rotatable bonds is 11. The summed E-state index contributed by atoms with van der Waals surface area (Å²) < 4.78 is 5.57. The van der Waals surface area contributed by atoms with E-state index < -0.39 is 17.5 Å². The summed E-state index contributed by atoms with van der Waals surface area (Å²) >= 11 is 0. The maximum absolute atomic E-state index is 12.4. The molecule has 0 aliphatic heterocycles. The minimum atomic E-state index is -0.875. The van der Waals surface area contributed by atoms with Gasteiger partial charge < -0.3 is 20.5 Å². The highest BCUT2D eigenvalue weighted by atomic mass is 16.5. The Labute approximate surface area is 200 Å². The summed E-state index contributed by atoms with van der Waals surface area (Å²) in [7, 11) is 0. The van der Waals surface area contributed by atoms with Crippen molar-refractivity contribution < 1.29 is 24.2 Å². The molecule has 34 heavy (non-hydrogen) atoms. The quantitative estimate of drug-likeness (QED) is 0.445. The van der Waals surface area contributed by atoms with Crippen molar-refractivity contribution in [3.63, 3.8) is 0 Å². The van der Waals surface area contributed by atoms with Gasteiger partial charge in [0.15, 0.2) is 0 Å². The molecule has 1 atom stereocenters. The Morgan fingerprint density at radius 1 is 1.03 bits per heavy atom. The number of benzene rings is 2. The number of carboxylic acids is 1. The first-order valence-electron chi connectivity index (χ1n) is 11.8. The summed E-state index contributed by atoms with van der Waals surface area (Å²) in [6.45, 7) is 6.23. The number of carbonyl (C=O) groups excluding carboxylic acids is 2. The molecule has 2 aromatic carbocycles. The largest absolute Gasteiger partial charge is 0.481 e. The molecule has 3 rings (SSSR count). The number of aliphatic carboxylic acids is 1. The molecule has 1 aliphatic rings. The number of hydrogen-bond donors (Lipinski definition) is 3. The number of fused-ring (bicyclic) bond motifs is 3. The van der Waals surface area contributed by atoms with E-state index in [1.165, 1.54) is 11.1 Å². The molecule has 7 nitrogen and oxygen atoms in total. The Bertz CT molecular complexity index is 988. The van der Waals surface area contributed by atoms with Crippen LogP contribution in [0.15, 0.2) is 48.5 Å². The van der Waals surface area contributed by atoms with Crippen LogP contribution in [0.1, 0.15) is 63.5 Å². The van der Waals surface area contributed by atoms with Crippen LogP contribution in [-0.4, -0.2) is 42.3 Å². The van der Waals surface area contributed by atoms with Crippen molar-refractivity contribution in [1.82, 2.24) is 10.6 Å². The third-order valence-corrected chi connectivity index (χ3v) is 6.26. The van der Waals surface area contributed by atoms with Crippen molar-refractivity contribution in [2.45, 2.75) is 58.4 Å². The van der Waals surface area contributed by atoms with Gasteiger partial charge >= 0.3 is 12.1 Å². The monoisotopic (exact) mass is 466 g/mol. The normalized spacial score (nSPS) is 13.5. The van der Waals surface area contributed by atoms with E-state index in [0.717, 1.165) is 11.1 Å². The van der Waals surface area contributed by atoms with Crippen LogP contribution >= 0.6 is 0 Å². The summed E-state index contributed by atoms with van der Waals surface area (Å²) in [5.74, 6) is -1.04. The van der Waals surface area contributed by atoms with Crippen LogP contribution in [0.2, 0.25) is 0 Å². The molecule has 0 bridgehead atoms. The van der Waals surface area contributed by atoms with E-state index in [4.69, 9.17) is 9.84 Å². The fourth-order valence-corrected chi connectivity index (χ4v) is 4.41. The number of nitrogens with one attached hydrogen (secondary N) is 2. The predicted octanol–water partition coefficient (Wildman–Crippen LogP) is 4.70. The smallest absolute Gasteiger partial charge is 0.407 e. The Morgan fingerprint density at radius 2 is 1.62 bits per heavy atom. The van der Waals surface area contributed by atoms with E-state index in [2.05, 4.69) is 34.9 Å². The van der Waals surface area contributed by atoms with Crippen LogP contribution in [0.5, 0.6) is 0 Å². The Morgan fingerprint density at radius 3 is 2.18 bits per heavy atom. The molecule has 0 fully saturated rings. The fraction of sp³-hybridized carbons (Fsp3) is 0.444. The zero-order valence-electron chi connectivity index (χ0n) is 20.1. The highest BCUT2D eigenvalue weighted by Crippen LogP contribution is 2.44. The van der Waals surface area contributed by atoms with E-state index in [0.29, 0.717) is 12.8 Å². The Hall–Kier alpha value is -3.35. The molecule has 182 valence electrons. The lowest BCUT2D eigenvalue weighted by Gasteiger charge is -2.26. The molecule has 1 unspecified atom stereocenters. The van der Waals surface area contributed by atoms with Gasteiger partial charge in [-0.25, -0.2) is 4.79 Å². The van der Waals surface area contributed by atoms with Gasteiger partial charge in [-0.2, -0.15) is 0 Å². The minimum Gasteiger partial charge on any atom is -0.481 e. The maximum Gasteiger partial charge on any atom is 0.407 e. The van der Waals surface area contributed by atoms with E-state index >= 15 is 0 Å². The van der Waals surface area contributed by atoms with E-state index in [-0.39, 0.29) is 43.9 Å². The van der Waals surface area contributed by atoms with E-state index in [1.807, 2.05) is 45.0 Å². The average molecular weight is 467 g/mol. The number of carboxylic acid groups (broad SMARTS) is 1. The van der Waals surface area contributed by atoms with Gasteiger partial charge in [-0.05, 0) is 40.5 Å². The van der Waals surface area contributed by atoms with Crippen molar-refractivity contribution in [3.8, 4) is 11.1 Å². The third-order valence-electron chi connectivity index (χ3n) is 6.26. The second-order valence-electron chi connectivity index (χ2n) is 9.63. The predicted molar refractivity (Wildman–Crippen MR) is 131 cm³/mol. The summed E-state index contributed by atoms with van der Waals surface area (Å²) in [5.41, 5.74) is 4.17. The van der Waals surface area contributed by atoms with Gasteiger partial charge in [0.25, 0.3) is 0 Å². The number of hydrogen-bond acceptors (Lipinski definition) is 4. The van der Waals surface area contributed by atoms with E-state index in [9.17, 15) is 14.4 Å². The lowest BCUT2D eigenvalue weighted by Crippen LogP contribution is -2.41. The molecule has 1 aliphatic carbocycles. The molecule has 3 N–H and O–H groups in total. The molecular weight excluding hydrogens is 432 g/mol. The molecule has 2 aromatic rings. The van der Waals surface area contributed by atoms with Gasteiger partial charge in [0.05, 0.1) is 0 Å². The van der Waals surface area contributed by atoms with Crippen LogP contribution in [0.25, 0.3) is 11.1 Å².